The molecule has 0 bridgehead atoms. The molecule has 0 aromatic rings. The highest BCUT2D eigenvalue weighted by molar-refractivity contribution is 5.69. The number of carbonyl (C=O) groups excluding carboxylic acids is 1. The highest BCUT2D eigenvalue weighted by Gasteiger charge is 2.07. The molecule has 1 unspecified atom stereocenters. The highest BCUT2D eigenvalue weighted by atomic mass is 16.6. The Hall–Kier alpha value is -0.570. The van der Waals surface area contributed by atoms with Crippen molar-refractivity contribution >= 4 is 5.97 Å². The van der Waals surface area contributed by atoms with Gasteiger partial charge in [0.2, 0.25) is 0 Å². The monoisotopic (exact) mass is 188 g/mol. The number of carbonyl (C=O) groups is 1. The molecule has 0 aromatic heterocycles. The molecule has 1 atom stereocenters. The van der Waals surface area contributed by atoms with Crippen LogP contribution >= 0.6 is 0 Å². The third kappa shape index (κ3) is 7.78. The molecular formula is C10H20O3. The average Bonchev–Trinajstić information content (AvgIpc) is 2.05. The number of hydrogen-bond acceptors (Lipinski definition) is 3. The van der Waals surface area contributed by atoms with Crippen molar-refractivity contribution in [3.05, 3.63) is 0 Å². The van der Waals surface area contributed by atoms with Crippen LogP contribution in [0.1, 0.15) is 39.5 Å². The zero-order valence-electron chi connectivity index (χ0n) is 8.84. The molecule has 78 valence electrons. The molecule has 0 aliphatic carbocycles. The molecule has 0 saturated heterocycles. The topological polar surface area (TPSA) is 35.5 Å². The normalized spacial score (nSPS) is 12.5. The Morgan fingerprint density at radius 3 is 2.62 bits per heavy atom. The minimum atomic E-state index is -0.126. The number of unbranched alkanes of at least 4 members (excludes halogenated alkanes) is 2. The summed E-state index contributed by atoms with van der Waals surface area (Å²) in [6.45, 7) is 4.42. The summed E-state index contributed by atoms with van der Waals surface area (Å²) in [6.07, 6.45) is 3.55. The lowest BCUT2D eigenvalue weighted by atomic mass is 10.2. The van der Waals surface area contributed by atoms with E-state index in [0.29, 0.717) is 13.0 Å². The highest BCUT2D eigenvalue weighted by Crippen LogP contribution is 2.02. The van der Waals surface area contributed by atoms with Crippen LogP contribution in [0.3, 0.4) is 0 Å². The second kappa shape index (κ2) is 8.05. The van der Waals surface area contributed by atoms with Crippen LogP contribution in [-0.2, 0) is 14.3 Å². The van der Waals surface area contributed by atoms with Crippen molar-refractivity contribution in [2.45, 2.75) is 45.6 Å². The van der Waals surface area contributed by atoms with Crippen molar-refractivity contribution in [3.63, 3.8) is 0 Å². The zero-order chi connectivity index (χ0) is 10.1. The van der Waals surface area contributed by atoms with Crippen LogP contribution in [0.5, 0.6) is 0 Å². The van der Waals surface area contributed by atoms with E-state index in [1.54, 1.807) is 7.11 Å². The third-order valence-electron chi connectivity index (χ3n) is 1.72. The van der Waals surface area contributed by atoms with Crippen molar-refractivity contribution in [3.8, 4) is 0 Å². The first kappa shape index (κ1) is 12.4. The fourth-order valence-corrected chi connectivity index (χ4v) is 1.07. The Morgan fingerprint density at radius 1 is 1.38 bits per heavy atom. The molecule has 0 fully saturated rings. The van der Waals surface area contributed by atoms with Crippen molar-refractivity contribution in [1.29, 1.82) is 0 Å². The first-order valence-corrected chi connectivity index (χ1v) is 4.89. The van der Waals surface area contributed by atoms with Crippen molar-refractivity contribution in [2.75, 3.05) is 13.7 Å². The van der Waals surface area contributed by atoms with Crippen LogP contribution in [0, 0.1) is 0 Å². The van der Waals surface area contributed by atoms with E-state index >= 15 is 0 Å². The van der Waals surface area contributed by atoms with E-state index < -0.39 is 0 Å². The van der Waals surface area contributed by atoms with Gasteiger partial charge in [-0.3, -0.25) is 4.79 Å². The summed E-state index contributed by atoms with van der Waals surface area (Å²) in [5.41, 5.74) is 0. The summed E-state index contributed by atoms with van der Waals surface area (Å²) in [4.78, 5) is 11.1. The second-order valence-electron chi connectivity index (χ2n) is 3.21. The number of rotatable bonds is 7. The van der Waals surface area contributed by atoms with Crippen molar-refractivity contribution < 1.29 is 14.3 Å². The Balaban J connectivity index is 3.38. The average molecular weight is 188 g/mol. The SMILES string of the molecule is CCCCCC(=O)OC(C)COC. The Labute approximate surface area is 80.4 Å². The fourth-order valence-electron chi connectivity index (χ4n) is 1.07. The lowest BCUT2D eigenvalue weighted by molar-refractivity contribution is -0.150. The quantitative estimate of drug-likeness (QED) is 0.453. The van der Waals surface area contributed by atoms with Crippen LogP contribution in [0.4, 0.5) is 0 Å². The van der Waals surface area contributed by atoms with Gasteiger partial charge in [-0.05, 0) is 13.3 Å². The van der Waals surface area contributed by atoms with E-state index in [4.69, 9.17) is 9.47 Å². The van der Waals surface area contributed by atoms with E-state index in [-0.39, 0.29) is 12.1 Å². The summed E-state index contributed by atoms with van der Waals surface area (Å²) in [7, 11) is 1.60. The summed E-state index contributed by atoms with van der Waals surface area (Å²) >= 11 is 0. The van der Waals surface area contributed by atoms with Crippen molar-refractivity contribution in [2.24, 2.45) is 0 Å². The van der Waals surface area contributed by atoms with Gasteiger partial charge in [0.1, 0.15) is 6.10 Å². The smallest absolute Gasteiger partial charge is 0.306 e. The lowest BCUT2D eigenvalue weighted by Crippen LogP contribution is -2.19. The predicted molar refractivity (Wildman–Crippen MR) is 51.6 cm³/mol. The van der Waals surface area contributed by atoms with Gasteiger partial charge in [0.15, 0.2) is 0 Å². The Kier molecular flexibility index (Phi) is 7.69. The minimum absolute atomic E-state index is 0.113. The summed E-state index contributed by atoms with van der Waals surface area (Å²) in [5.74, 6) is -0.113. The fraction of sp³-hybridized carbons (Fsp3) is 0.900. The predicted octanol–water partition coefficient (Wildman–Crippen LogP) is 2.14. The Morgan fingerprint density at radius 2 is 2.08 bits per heavy atom. The maximum absolute atomic E-state index is 11.1. The van der Waals surface area contributed by atoms with Gasteiger partial charge >= 0.3 is 5.97 Å². The number of ether oxygens (including phenoxy) is 2. The molecule has 0 N–H and O–H groups in total. The summed E-state index contributed by atoms with van der Waals surface area (Å²) in [6, 6.07) is 0. The molecular weight excluding hydrogens is 168 g/mol. The van der Waals surface area contributed by atoms with Gasteiger partial charge in [0.25, 0.3) is 0 Å². The zero-order valence-corrected chi connectivity index (χ0v) is 8.84. The molecule has 0 amide bonds. The van der Waals surface area contributed by atoms with Gasteiger partial charge in [-0.25, -0.2) is 0 Å². The first-order chi connectivity index (χ1) is 6.20. The summed E-state index contributed by atoms with van der Waals surface area (Å²) in [5, 5.41) is 0. The van der Waals surface area contributed by atoms with Gasteiger partial charge in [-0.15, -0.1) is 0 Å². The first-order valence-electron chi connectivity index (χ1n) is 4.89. The molecule has 3 nitrogen and oxygen atoms in total. The molecule has 0 rings (SSSR count). The van der Waals surface area contributed by atoms with Gasteiger partial charge < -0.3 is 9.47 Å². The third-order valence-corrected chi connectivity index (χ3v) is 1.72. The Bertz CT molecular complexity index is 134. The van der Waals surface area contributed by atoms with Crippen LogP contribution < -0.4 is 0 Å². The van der Waals surface area contributed by atoms with E-state index in [2.05, 4.69) is 6.92 Å². The lowest BCUT2D eigenvalue weighted by Gasteiger charge is -2.11. The largest absolute Gasteiger partial charge is 0.460 e. The van der Waals surface area contributed by atoms with E-state index in [1.807, 2.05) is 6.92 Å². The molecule has 0 spiro atoms. The van der Waals surface area contributed by atoms with Gasteiger partial charge in [-0.2, -0.15) is 0 Å². The van der Waals surface area contributed by atoms with Crippen LogP contribution in [0.15, 0.2) is 0 Å². The maximum atomic E-state index is 11.1. The maximum Gasteiger partial charge on any atom is 0.306 e. The molecule has 0 saturated carbocycles. The number of hydrogen-bond donors (Lipinski definition) is 0. The number of methoxy groups -OCH3 is 1. The van der Waals surface area contributed by atoms with E-state index in [9.17, 15) is 4.79 Å². The van der Waals surface area contributed by atoms with Crippen molar-refractivity contribution in [1.82, 2.24) is 0 Å². The molecule has 0 aliphatic heterocycles. The van der Waals surface area contributed by atoms with E-state index in [0.717, 1.165) is 19.3 Å². The van der Waals surface area contributed by atoms with Gasteiger partial charge in [-0.1, -0.05) is 19.8 Å². The molecule has 0 radical (unpaired) electrons. The number of esters is 1. The summed E-state index contributed by atoms with van der Waals surface area (Å²) < 4.78 is 9.93. The van der Waals surface area contributed by atoms with Crippen LogP contribution in [0.25, 0.3) is 0 Å². The molecule has 0 heterocycles. The minimum Gasteiger partial charge on any atom is -0.460 e. The second-order valence-corrected chi connectivity index (χ2v) is 3.21. The molecule has 3 heteroatoms. The van der Waals surface area contributed by atoms with Gasteiger partial charge in [0.05, 0.1) is 6.61 Å². The molecule has 13 heavy (non-hydrogen) atoms. The molecule has 0 aliphatic rings. The standard InChI is InChI=1S/C10H20O3/c1-4-5-6-7-10(11)13-9(2)8-12-3/h9H,4-8H2,1-3H3. The van der Waals surface area contributed by atoms with E-state index in [1.165, 1.54) is 0 Å². The van der Waals surface area contributed by atoms with Crippen LogP contribution in [-0.4, -0.2) is 25.8 Å². The van der Waals surface area contributed by atoms with Gasteiger partial charge in [0, 0.05) is 13.5 Å². The van der Waals surface area contributed by atoms with Crippen LogP contribution in [0.2, 0.25) is 0 Å². The molecule has 0 aromatic carbocycles.